The van der Waals surface area contributed by atoms with Crippen molar-refractivity contribution in [3.05, 3.63) is 12.4 Å². The number of ether oxygens (including phenoxy) is 1. The normalized spacial score (nSPS) is 16.3. The van der Waals surface area contributed by atoms with E-state index in [0.717, 1.165) is 6.73 Å². The summed E-state index contributed by atoms with van der Waals surface area (Å²) < 4.78 is 5.01. The van der Waals surface area contributed by atoms with Gasteiger partial charge in [-0.05, 0) is 12.8 Å². The van der Waals surface area contributed by atoms with Crippen LogP contribution in [0.1, 0.15) is 19.3 Å². The van der Waals surface area contributed by atoms with E-state index in [1.165, 1.54) is 44.7 Å². The van der Waals surface area contributed by atoms with Crippen molar-refractivity contribution in [3.63, 3.8) is 0 Å². The van der Waals surface area contributed by atoms with Gasteiger partial charge in [-0.15, -0.1) is 5.10 Å². The molecule has 1 fully saturated rings. The zero-order chi connectivity index (χ0) is 11.6. The molecule has 0 radical (unpaired) electrons. The number of nitrogen functional groups attached to an aromatic ring is 1. The predicted molar refractivity (Wildman–Crippen MR) is 61.5 cm³/mol. The van der Waals surface area contributed by atoms with Crippen LogP contribution in [0.25, 0.3) is 0 Å². The maximum Gasteiger partial charge on any atom is 0.240 e. The van der Waals surface area contributed by atoms with Crippen LogP contribution in [0, 0.1) is 0 Å². The summed E-state index contributed by atoms with van der Waals surface area (Å²) in [4.78, 5) is 5.93. The van der Waals surface area contributed by atoms with Gasteiger partial charge in [0.2, 0.25) is 5.95 Å². The SMILES string of the molecule is COCN1CCCCC1.Nc1nccnn1. The number of hydrogen-bond acceptors (Lipinski definition) is 6. The summed E-state index contributed by atoms with van der Waals surface area (Å²) >= 11 is 0. The molecule has 0 amide bonds. The fourth-order valence-corrected chi connectivity index (χ4v) is 1.53. The Morgan fingerprint density at radius 1 is 1.31 bits per heavy atom. The molecule has 0 aliphatic carbocycles. The van der Waals surface area contributed by atoms with Crippen LogP contribution in [-0.2, 0) is 4.74 Å². The topological polar surface area (TPSA) is 77.2 Å². The third-order valence-electron chi connectivity index (χ3n) is 2.26. The highest BCUT2D eigenvalue weighted by molar-refractivity contribution is 5.07. The zero-order valence-electron chi connectivity index (χ0n) is 9.67. The van der Waals surface area contributed by atoms with Gasteiger partial charge in [0.25, 0.3) is 0 Å². The van der Waals surface area contributed by atoms with Crippen molar-refractivity contribution in [2.45, 2.75) is 19.3 Å². The van der Waals surface area contributed by atoms with Crippen molar-refractivity contribution in [2.24, 2.45) is 0 Å². The number of aromatic nitrogens is 3. The Kier molecular flexibility index (Phi) is 6.36. The first kappa shape index (κ1) is 12.8. The van der Waals surface area contributed by atoms with Crippen molar-refractivity contribution >= 4 is 5.95 Å². The molecule has 0 aromatic carbocycles. The molecule has 90 valence electrons. The van der Waals surface area contributed by atoms with Gasteiger partial charge in [0, 0.05) is 20.2 Å². The Bertz CT molecular complexity index is 260. The van der Waals surface area contributed by atoms with Crippen LogP contribution >= 0.6 is 0 Å². The predicted octanol–water partition coefficient (Wildman–Crippen LogP) is 0.530. The number of piperidine rings is 1. The molecule has 16 heavy (non-hydrogen) atoms. The lowest BCUT2D eigenvalue weighted by molar-refractivity contribution is 0.0507. The van der Waals surface area contributed by atoms with Gasteiger partial charge in [0.05, 0.1) is 19.1 Å². The van der Waals surface area contributed by atoms with Crippen LogP contribution in [0.4, 0.5) is 5.95 Å². The molecule has 1 aromatic heterocycles. The maximum atomic E-state index is 5.07. The summed E-state index contributed by atoms with van der Waals surface area (Å²) in [6.45, 7) is 3.28. The number of methoxy groups -OCH3 is 1. The lowest BCUT2D eigenvalue weighted by atomic mass is 10.1. The molecular formula is C10H19N5O. The molecule has 0 unspecified atom stereocenters. The Morgan fingerprint density at radius 2 is 2.06 bits per heavy atom. The average Bonchev–Trinajstić information content (AvgIpc) is 2.33. The Hall–Kier alpha value is -1.27. The zero-order valence-corrected chi connectivity index (χ0v) is 9.67. The number of nitrogens with two attached hydrogens (primary N) is 1. The van der Waals surface area contributed by atoms with Crippen molar-refractivity contribution in [1.29, 1.82) is 0 Å². The summed E-state index contributed by atoms with van der Waals surface area (Å²) in [5.74, 6) is 0.211. The number of anilines is 1. The lowest BCUT2D eigenvalue weighted by Crippen LogP contribution is -2.31. The van der Waals surface area contributed by atoms with Gasteiger partial charge in [0.1, 0.15) is 0 Å². The Labute approximate surface area is 95.8 Å². The number of hydrogen-bond donors (Lipinski definition) is 1. The summed E-state index contributed by atoms with van der Waals surface area (Å²) in [5.41, 5.74) is 5.07. The molecule has 2 heterocycles. The molecule has 1 aromatic rings. The van der Waals surface area contributed by atoms with Crippen LogP contribution < -0.4 is 5.73 Å². The summed E-state index contributed by atoms with van der Waals surface area (Å²) in [7, 11) is 1.76. The molecule has 2 N–H and O–H groups in total. The van der Waals surface area contributed by atoms with E-state index in [1.807, 2.05) is 0 Å². The van der Waals surface area contributed by atoms with Gasteiger partial charge in [0.15, 0.2) is 0 Å². The van der Waals surface area contributed by atoms with E-state index in [9.17, 15) is 0 Å². The van der Waals surface area contributed by atoms with Crippen molar-refractivity contribution in [1.82, 2.24) is 20.1 Å². The van der Waals surface area contributed by atoms with Gasteiger partial charge in [-0.1, -0.05) is 6.42 Å². The fraction of sp³-hybridized carbons (Fsp3) is 0.700. The number of rotatable bonds is 2. The minimum absolute atomic E-state index is 0.211. The van der Waals surface area contributed by atoms with Crippen molar-refractivity contribution in [3.8, 4) is 0 Å². The largest absolute Gasteiger partial charge is 0.369 e. The Balaban J connectivity index is 0.000000165. The van der Waals surface area contributed by atoms with E-state index in [0.29, 0.717) is 0 Å². The molecule has 1 saturated heterocycles. The molecule has 2 rings (SSSR count). The van der Waals surface area contributed by atoms with E-state index < -0.39 is 0 Å². The van der Waals surface area contributed by atoms with Crippen LogP contribution in [0.2, 0.25) is 0 Å². The van der Waals surface area contributed by atoms with Crippen LogP contribution in [0.5, 0.6) is 0 Å². The number of likely N-dealkylation sites (tertiary alicyclic amines) is 1. The van der Waals surface area contributed by atoms with Crippen molar-refractivity contribution in [2.75, 3.05) is 32.7 Å². The van der Waals surface area contributed by atoms with Gasteiger partial charge in [-0.2, -0.15) is 5.10 Å². The molecule has 6 nitrogen and oxygen atoms in total. The summed E-state index contributed by atoms with van der Waals surface area (Å²) in [6.07, 6.45) is 7.06. The molecule has 0 bridgehead atoms. The van der Waals surface area contributed by atoms with Gasteiger partial charge in [-0.3, -0.25) is 4.90 Å². The van der Waals surface area contributed by atoms with Gasteiger partial charge in [-0.25, -0.2) is 4.98 Å². The highest BCUT2D eigenvalue weighted by Gasteiger charge is 2.07. The van der Waals surface area contributed by atoms with E-state index in [1.54, 1.807) is 7.11 Å². The smallest absolute Gasteiger partial charge is 0.240 e. The van der Waals surface area contributed by atoms with E-state index in [2.05, 4.69) is 20.1 Å². The minimum Gasteiger partial charge on any atom is -0.369 e. The first-order valence-corrected chi connectivity index (χ1v) is 5.43. The third kappa shape index (κ3) is 5.57. The second-order valence-corrected chi connectivity index (χ2v) is 3.60. The van der Waals surface area contributed by atoms with Crippen LogP contribution in [0.3, 0.4) is 0 Å². The molecule has 1 aliphatic heterocycles. The highest BCUT2D eigenvalue weighted by Crippen LogP contribution is 2.07. The van der Waals surface area contributed by atoms with Gasteiger partial charge < -0.3 is 10.5 Å². The second-order valence-electron chi connectivity index (χ2n) is 3.60. The summed E-state index contributed by atoms with van der Waals surface area (Å²) in [6, 6.07) is 0. The molecule has 0 saturated carbocycles. The van der Waals surface area contributed by atoms with E-state index >= 15 is 0 Å². The average molecular weight is 225 g/mol. The fourth-order valence-electron chi connectivity index (χ4n) is 1.53. The monoisotopic (exact) mass is 225 g/mol. The van der Waals surface area contributed by atoms with E-state index in [-0.39, 0.29) is 5.95 Å². The standard InChI is InChI=1S/C7H15NO.C3H4N4/c1-9-7-8-5-3-2-4-6-8;4-3-5-1-2-6-7-3/h2-7H2,1H3;1-2H,(H2,4,5,7). The maximum absolute atomic E-state index is 5.07. The molecule has 0 atom stereocenters. The molecular weight excluding hydrogens is 206 g/mol. The first-order valence-electron chi connectivity index (χ1n) is 5.43. The molecule has 1 aliphatic rings. The molecule has 0 spiro atoms. The van der Waals surface area contributed by atoms with Gasteiger partial charge >= 0.3 is 0 Å². The second kappa shape index (κ2) is 7.95. The summed E-state index contributed by atoms with van der Waals surface area (Å²) in [5, 5.41) is 6.84. The highest BCUT2D eigenvalue weighted by atomic mass is 16.5. The van der Waals surface area contributed by atoms with Crippen molar-refractivity contribution < 1.29 is 4.74 Å². The van der Waals surface area contributed by atoms with Crippen LogP contribution in [-0.4, -0.2) is 47.0 Å². The Morgan fingerprint density at radius 3 is 2.50 bits per heavy atom. The molecule has 6 heteroatoms. The lowest BCUT2D eigenvalue weighted by Gasteiger charge is -2.24. The van der Waals surface area contributed by atoms with E-state index in [4.69, 9.17) is 10.5 Å². The minimum atomic E-state index is 0.211. The number of nitrogens with zero attached hydrogens (tertiary/aromatic N) is 4. The third-order valence-corrected chi connectivity index (χ3v) is 2.26. The first-order chi connectivity index (χ1) is 7.83. The quantitative estimate of drug-likeness (QED) is 0.791. The van der Waals surface area contributed by atoms with Crippen LogP contribution in [0.15, 0.2) is 12.4 Å².